The van der Waals surface area contributed by atoms with Gasteiger partial charge in [-0.15, -0.1) is 11.3 Å². The van der Waals surface area contributed by atoms with Crippen molar-refractivity contribution in [1.29, 1.82) is 0 Å². The van der Waals surface area contributed by atoms with Gasteiger partial charge in [0, 0.05) is 23.2 Å². The molecule has 2 aromatic carbocycles. The summed E-state index contributed by atoms with van der Waals surface area (Å²) in [4.78, 5) is 46.6. The Balaban J connectivity index is 1.22. The van der Waals surface area contributed by atoms with Gasteiger partial charge >= 0.3 is 12.1 Å². The number of ether oxygens (including phenoxy) is 3. The van der Waals surface area contributed by atoms with Crippen LogP contribution in [0.5, 0.6) is 5.75 Å². The predicted octanol–water partition coefficient (Wildman–Crippen LogP) is 7.59. The summed E-state index contributed by atoms with van der Waals surface area (Å²) >= 11 is 7.61. The molecule has 0 spiro atoms. The maximum Gasteiger partial charge on any atom is 0.408 e. The van der Waals surface area contributed by atoms with Crippen LogP contribution in [0.2, 0.25) is 5.02 Å². The van der Waals surface area contributed by atoms with Crippen molar-refractivity contribution in [2.75, 3.05) is 25.1 Å². The minimum absolute atomic E-state index is 0.0102. The van der Waals surface area contributed by atoms with Crippen molar-refractivity contribution >= 4 is 57.8 Å². The Hall–Kier alpha value is -5.14. The second-order valence-electron chi connectivity index (χ2n) is 13.6. The smallest absolute Gasteiger partial charge is 0.408 e. The lowest BCUT2D eigenvalue weighted by atomic mass is 10.0. The highest BCUT2D eigenvalue weighted by molar-refractivity contribution is 7.16. The van der Waals surface area contributed by atoms with Crippen LogP contribution in [0.1, 0.15) is 62.7 Å². The van der Waals surface area contributed by atoms with E-state index in [-0.39, 0.29) is 18.4 Å². The van der Waals surface area contributed by atoms with Crippen molar-refractivity contribution in [1.82, 2.24) is 19.9 Å². The number of primary amides is 1. The number of nitrogens with one attached hydrogen (secondary N) is 2. The lowest BCUT2D eigenvalue weighted by Crippen LogP contribution is -2.47. The molecule has 274 valence electrons. The predicted molar refractivity (Wildman–Crippen MR) is 204 cm³/mol. The van der Waals surface area contributed by atoms with Crippen molar-refractivity contribution in [2.24, 2.45) is 11.7 Å². The number of anilines is 1. The molecule has 0 bridgehead atoms. The molecule has 0 saturated heterocycles. The number of benzene rings is 2. The zero-order valence-electron chi connectivity index (χ0n) is 29.9. The lowest BCUT2D eigenvalue weighted by Gasteiger charge is -2.24. The second-order valence-corrected chi connectivity index (χ2v) is 15.0. The molecule has 5 rings (SSSR count). The Morgan fingerprint density at radius 3 is 2.46 bits per heavy atom. The number of hydrogen-bond acceptors (Lipinski definition) is 10. The van der Waals surface area contributed by atoms with Gasteiger partial charge in [-0.3, -0.25) is 9.36 Å². The third-order valence-corrected chi connectivity index (χ3v) is 9.43. The molecule has 14 heteroatoms. The SMILES string of the molecule is CC(COc1cc(-n2cnc3cc(-c4ccnc(NCCOC(=O)[C@@H](NC(=O)OC(C)(C)C)C(C)C)c4)ccc32)sc1C(N)=O)c1ccccc1Cl. The van der Waals surface area contributed by atoms with E-state index in [2.05, 4.69) is 20.6 Å². The van der Waals surface area contributed by atoms with Gasteiger partial charge in [0.15, 0.2) is 0 Å². The van der Waals surface area contributed by atoms with Gasteiger partial charge < -0.3 is 30.6 Å². The highest BCUT2D eigenvalue weighted by atomic mass is 35.5. The fraction of sp³-hybridized carbons (Fsp3) is 0.342. The number of nitrogens with two attached hydrogens (primary N) is 1. The number of pyridine rings is 1. The Morgan fingerprint density at radius 2 is 1.75 bits per heavy atom. The first-order valence-corrected chi connectivity index (χ1v) is 18.0. The fourth-order valence-electron chi connectivity index (χ4n) is 5.37. The molecule has 0 aliphatic carbocycles. The van der Waals surface area contributed by atoms with Crippen LogP contribution in [0.4, 0.5) is 10.6 Å². The number of thiophene rings is 1. The normalized spacial score (nSPS) is 12.7. The molecule has 0 radical (unpaired) electrons. The molecule has 52 heavy (non-hydrogen) atoms. The minimum Gasteiger partial charge on any atom is -0.491 e. The van der Waals surface area contributed by atoms with Crippen LogP contribution in [0.25, 0.3) is 27.2 Å². The number of aromatic nitrogens is 3. The first-order chi connectivity index (χ1) is 24.7. The van der Waals surface area contributed by atoms with Crippen LogP contribution < -0.4 is 21.1 Å². The maximum atomic E-state index is 12.7. The van der Waals surface area contributed by atoms with Gasteiger partial charge in [0.05, 0.1) is 24.2 Å². The van der Waals surface area contributed by atoms with Crippen molar-refractivity contribution < 1.29 is 28.6 Å². The standard InChI is InChI=1S/C38H43ClN6O6S/c1-22(2)33(44-37(48)51-38(4,5)6)36(47)49-16-15-42-31-18-25(13-14-41-31)24-11-12-29-28(17-24)43-21-45(29)32-19-30(34(52-32)35(40)46)50-20-23(3)26-9-7-8-10-27(26)39/h7-14,17-19,21-23,33H,15-16,20H2,1-6H3,(H2,40,46)(H,41,42)(H,44,48)/t23?,33-/m0/s1. The topological polar surface area (TPSA) is 160 Å². The zero-order chi connectivity index (χ0) is 37.6. The Bertz CT molecular complexity index is 2050. The molecule has 3 heterocycles. The third-order valence-electron chi connectivity index (χ3n) is 7.96. The number of esters is 1. The molecule has 0 aliphatic heterocycles. The van der Waals surface area contributed by atoms with E-state index in [4.69, 9.17) is 31.5 Å². The summed E-state index contributed by atoms with van der Waals surface area (Å²) in [7, 11) is 0. The van der Waals surface area contributed by atoms with E-state index in [1.165, 1.54) is 11.3 Å². The summed E-state index contributed by atoms with van der Waals surface area (Å²) in [5.41, 5.74) is 9.42. The Labute approximate surface area is 311 Å². The quantitative estimate of drug-likeness (QED) is 0.0769. The van der Waals surface area contributed by atoms with Gasteiger partial charge in [-0.25, -0.2) is 19.6 Å². The van der Waals surface area contributed by atoms with E-state index in [0.29, 0.717) is 34.6 Å². The number of carbonyl (C=O) groups is 3. The van der Waals surface area contributed by atoms with Gasteiger partial charge in [0.25, 0.3) is 5.91 Å². The van der Waals surface area contributed by atoms with Gasteiger partial charge in [-0.2, -0.15) is 0 Å². The number of alkyl carbamates (subject to hydrolysis) is 1. The maximum absolute atomic E-state index is 12.7. The average molecular weight is 747 g/mol. The summed E-state index contributed by atoms with van der Waals surface area (Å²) in [6.45, 7) is 11.6. The van der Waals surface area contributed by atoms with Crippen LogP contribution in [-0.2, 0) is 14.3 Å². The monoisotopic (exact) mass is 746 g/mol. The number of amides is 2. The van der Waals surface area contributed by atoms with Crippen molar-refractivity contribution in [3.63, 3.8) is 0 Å². The number of nitrogens with zero attached hydrogens (tertiary/aromatic N) is 3. The Morgan fingerprint density at radius 1 is 1.00 bits per heavy atom. The van der Waals surface area contributed by atoms with Crippen LogP contribution in [0.3, 0.4) is 0 Å². The number of imidazole rings is 1. The van der Waals surface area contributed by atoms with Gasteiger partial charge in [-0.05, 0) is 73.7 Å². The van der Waals surface area contributed by atoms with E-state index in [9.17, 15) is 14.4 Å². The molecule has 12 nitrogen and oxygen atoms in total. The molecule has 1 unspecified atom stereocenters. The largest absolute Gasteiger partial charge is 0.491 e. The molecule has 3 aromatic heterocycles. The Kier molecular flexibility index (Phi) is 12.1. The third kappa shape index (κ3) is 9.59. The first kappa shape index (κ1) is 38.1. The van der Waals surface area contributed by atoms with Gasteiger partial charge in [0.2, 0.25) is 0 Å². The number of halogens is 1. The summed E-state index contributed by atoms with van der Waals surface area (Å²) < 4.78 is 18.7. The number of hydrogen-bond donors (Lipinski definition) is 3. The van der Waals surface area contributed by atoms with Crippen molar-refractivity contribution in [2.45, 2.75) is 59.1 Å². The van der Waals surface area contributed by atoms with E-state index in [0.717, 1.165) is 32.7 Å². The highest BCUT2D eigenvalue weighted by Crippen LogP contribution is 2.35. The molecule has 2 atom stereocenters. The summed E-state index contributed by atoms with van der Waals surface area (Å²) in [5.74, 6) is -0.312. The van der Waals surface area contributed by atoms with Crippen LogP contribution >= 0.6 is 22.9 Å². The van der Waals surface area contributed by atoms with Crippen LogP contribution in [0.15, 0.2) is 73.2 Å². The van der Waals surface area contributed by atoms with Crippen LogP contribution in [0, 0.1) is 5.92 Å². The molecular formula is C38H43ClN6O6S. The minimum atomic E-state index is -0.844. The molecule has 0 saturated carbocycles. The first-order valence-electron chi connectivity index (χ1n) is 16.8. The molecule has 4 N–H and O–H groups in total. The zero-order valence-corrected chi connectivity index (χ0v) is 31.5. The molecule has 2 amide bonds. The highest BCUT2D eigenvalue weighted by Gasteiger charge is 2.28. The van der Waals surface area contributed by atoms with E-state index < -0.39 is 29.6 Å². The number of carbonyl (C=O) groups excluding carboxylic acids is 3. The molecule has 0 aliphatic rings. The molecular weight excluding hydrogens is 704 g/mol. The second kappa shape index (κ2) is 16.5. The van der Waals surface area contributed by atoms with Gasteiger partial charge in [-0.1, -0.05) is 56.6 Å². The summed E-state index contributed by atoms with van der Waals surface area (Å²) in [6, 6.07) is 18.3. The molecule has 5 aromatic rings. The fourth-order valence-corrected chi connectivity index (χ4v) is 6.63. The lowest BCUT2D eigenvalue weighted by molar-refractivity contribution is -0.147. The average Bonchev–Trinajstić information content (AvgIpc) is 3.71. The summed E-state index contributed by atoms with van der Waals surface area (Å²) in [6.07, 6.45) is 2.72. The van der Waals surface area contributed by atoms with Crippen molar-refractivity contribution in [3.8, 4) is 21.9 Å². The van der Waals surface area contributed by atoms with E-state index in [1.807, 2.05) is 79.9 Å². The number of rotatable bonds is 14. The van der Waals surface area contributed by atoms with Crippen LogP contribution in [-0.4, -0.2) is 63.9 Å². The van der Waals surface area contributed by atoms with Gasteiger partial charge in [0.1, 0.15) is 46.0 Å². The number of fused-ring (bicyclic) bond motifs is 1. The van der Waals surface area contributed by atoms with E-state index in [1.54, 1.807) is 39.4 Å². The summed E-state index contributed by atoms with van der Waals surface area (Å²) in [5, 5.41) is 7.18. The van der Waals surface area contributed by atoms with Crippen molar-refractivity contribution in [3.05, 3.63) is 88.7 Å². The van der Waals surface area contributed by atoms with E-state index >= 15 is 0 Å². The molecule has 0 fully saturated rings.